The Bertz CT molecular complexity index is 387. The minimum absolute atomic E-state index is 0.102. The van der Waals surface area contributed by atoms with E-state index in [0.717, 1.165) is 22.9 Å². The fraction of sp³-hybridized carbons (Fsp3) is 0.455. The summed E-state index contributed by atoms with van der Waals surface area (Å²) in [6.07, 6.45) is 2.36. The SMILES string of the molecule is NC1c2cc(Cl)ccc2OCC12CC2. The largest absolute Gasteiger partial charge is 0.493 e. The number of fused-ring (bicyclic) bond motifs is 1. The summed E-state index contributed by atoms with van der Waals surface area (Å²) in [7, 11) is 0. The highest BCUT2D eigenvalue weighted by Gasteiger charge is 2.52. The molecule has 0 aromatic heterocycles. The molecule has 2 aliphatic rings. The van der Waals surface area contributed by atoms with Crippen LogP contribution in [0.3, 0.4) is 0 Å². The Labute approximate surface area is 88.0 Å². The number of ether oxygens (including phenoxy) is 1. The fourth-order valence-corrected chi connectivity index (χ4v) is 2.33. The molecule has 1 unspecified atom stereocenters. The number of hydrogen-bond acceptors (Lipinski definition) is 2. The van der Waals surface area contributed by atoms with E-state index in [2.05, 4.69) is 0 Å². The lowest BCUT2D eigenvalue weighted by atomic mass is 9.89. The predicted molar refractivity (Wildman–Crippen MR) is 55.5 cm³/mol. The van der Waals surface area contributed by atoms with Gasteiger partial charge in [-0.3, -0.25) is 0 Å². The molecule has 2 nitrogen and oxygen atoms in total. The lowest BCUT2D eigenvalue weighted by Crippen LogP contribution is -2.32. The van der Waals surface area contributed by atoms with Gasteiger partial charge >= 0.3 is 0 Å². The molecule has 1 heterocycles. The Morgan fingerprint density at radius 2 is 2.21 bits per heavy atom. The van der Waals surface area contributed by atoms with Crippen LogP contribution < -0.4 is 10.5 Å². The highest BCUT2D eigenvalue weighted by Crippen LogP contribution is 2.57. The molecule has 1 fully saturated rings. The lowest BCUT2D eigenvalue weighted by Gasteiger charge is -2.31. The first-order valence-electron chi connectivity index (χ1n) is 4.89. The van der Waals surface area contributed by atoms with E-state index < -0.39 is 0 Å². The van der Waals surface area contributed by atoms with E-state index in [1.807, 2.05) is 18.2 Å². The molecule has 0 radical (unpaired) electrons. The van der Waals surface area contributed by atoms with Gasteiger partial charge in [0.25, 0.3) is 0 Å². The van der Waals surface area contributed by atoms with Gasteiger partial charge in [0.15, 0.2) is 0 Å². The van der Waals surface area contributed by atoms with Crippen LogP contribution in [0.5, 0.6) is 5.75 Å². The molecule has 0 saturated heterocycles. The third-order valence-corrected chi connectivity index (χ3v) is 3.61. The van der Waals surface area contributed by atoms with Crippen molar-refractivity contribution in [3.63, 3.8) is 0 Å². The van der Waals surface area contributed by atoms with Crippen LogP contribution in [-0.2, 0) is 0 Å². The molecule has 1 aliphatic heterocycles. The van der Waals surface area contributed by atoms with E-state index in [1.165, 1.54) is 12.8 Å². The van der Waals surface area contributed by atoms with Gasteiger partial charge in [0, 0.05) is 22.0 Å². The average Bonchev–Trinajstić information content (AvgIpc) is 2.94. The average molecular weight is 210 g/mol. The molecule has 14 heavy (non-hydrogen) atoms. The van der Waals surface area contributed by atoms with Crippen molar-refractivity contribution >= 4 is 11.6 Å². The van der Waals surface area contributed by atoms with Crippen molar-refractivity contribution in [2.75, 3.05) is 6.61 Å². The highest BCUT2D eigenvalue weighted by molar-refractivity contribution is 6.30. The van der Waals surface area contributed by atoms with E-state index in [1.54, 1.807) is 0 Å². The van der Waals surface area contributed by atoms with E-state index >= 15 is 0 Å². The minimum Gasteiger partial charge on any atom is -0.493 e. The van der Waals surface area contributed by atoms with Crippen LogP contribution in [0.15, 0.2) is 18.2 Å². The van der Waals surface area contributed by atoms with Crippen molar-refractivity contribution in [1.29, 1.82) is 0 Å². The summed E-state index contributed by atoms with van der Waals surface area (Å²) in [4.78, 5) is 0. The first kappa shape index (κ1) is 8.57. The Hall–Kier alpha value is -0.730. The van der Waals surface area contributed by atoms with Crippen LogP contribution in [0, 0.1) is 5.41 Å². The third kappa shape index (κ3) is 1.07. The summed E-state index contributed by atoms with van der Waals surface area (Å²) < 4.78 is 5.69. The van der Waals surface area contributed by atoms with E-state index in [-0.39, 0.29) is 11.5 Å². The van der Waals surface area contributed by atoms with E-state index in [9.17, 15) is 0 Å². The molecule has 74 valence electrons. The molecule has 1 atom stereocenters. The molecule has 1 saturated carbocycles. The maximum absolute atomic E-state index is 6.22. The Morgan fingerprint density at radius 1 is 1.43 bits per heavy atom. The molecular weight excluding hydrogens is 198 g/mol. The van der Waals surface area contributed by atoms with Crippen LogP contribution in [0.4, 0.5) is 0 Å². The fourth-order valence-electron chi connectivity index (χ4n) is 2.15. The molecule has 3 rings (SSSR count). The molecule has 0 amide bonds. The molecule has 3 heteroatoms. The second-order valence-corrected chi connectivity index (χ2v) is 4.75. The first-order chi connectivity index (χ1) is 6.71. The van der Waals surface area contributed by atoms with Crippen molar-refractivity contribution in [3.8, 4) is 5.75 Å². The zero-order valence-corrected chi connectivity index (χ0v) is 8.55. The second-order valence-electron chi connectivity index (χ2n) is 4.31. The van der Waals surface area contributed by atoms with Gasteiger partial charge in [-0.1, -0.05) is 11.6 Å². The quantitative estimate of drug-likeness (QED) is 0.713. The topological polar surface area (TPSA) is 35.2 Å². The lowest BCUT2D eigenvalue weighted by molar-refractivity contribution is 0.177. The number of halogens is 1. The van der Waals surface area contributed by atoms with Gasteiger partial charge in [-0.05, 0) is 31.0 Å². The first-order valence-corrected chi connectivity index (χ1v) is 5.27. The van der Waals surface area contributed by atoms with E-state index in [4.69, 9.17) is 22.1 Å². The van der Waals surface area contributed by atoms with Crippen LogP contribution in [0.1, 0.15) is 24.4 Å². The third-order valence-electron chi connectivity index (χ3n) is 3.37. The Balaban J connectivity index is 2.09. The van der Waals surface area contributed by atoms with Gasteiger partial charge in [0.1, 0.15) is 5.75 Å². The number of nitrogens with two attached hydrogens (primary N) is 1. The van der Waals surface area contributed by atoms with Crippen LogP contribution in [-0.4, -0.2) is 6.61 Å². The van der Waals surface area contributed by atoms with E-state index in [0.29, 0.717) is 0 Å². The van der Waals surface area contributed by atoms with Crippen molar-refractivity contribution in [3.05, 3.63) is 28.8 Å². The second kappa shape index (κ2) is 2.65. The normalized spacial score (nSPS) is 26.9. The van der Waals surface area contributed by atoms with Gasteiger partial charge in [-0.25, -0.2) is 0 Å². The summed E-state index contributed by atoms with van der Waals surface area (Å²) in [5.41, 5.74) is 7.51. The predicted octanol–water partition coefficient (Wildman–Crippen LogP) is 2.51. The van der Waals surface area contributed by atoms with Gasteiger partial charge in [-0.2, -0.15) is 0 Å². The molecule has 0 bridgehead atoms. The molecule has 1 aromatic carbocycles. The standard InChI is InChI=1S/C11H12ClNO/c12-7-1-2-9-8(5-7)10(13)11(3-4-11)6-14-9/h1-2,5,10H,3-4,6,13H2. The maximum Gasteiger partial charge on any atom is 0.124 e. The Kier molecular flexibility index (Phi) is 1.62. The zero-order valence-electron chi connectivity index (χ0n) is 7.79. The van der Waals surface area contributed by atoms with Crippen molar-refractivity contribution in [2.45, 2.75) is 18.9 Å². The molecule has 1 aromatic rings. The summed E-state index contributed by atoms with van der Waals surface area (Å²) in [5.74, 6) is 0.902. The molecular formula is C11H12ClNO. The highest BCUT2D eigenvalue weighted by atomic mass is 35.5. The monoisotopic (exact) mass is 209 g/mol. The van der Waals surface area contributed by atoms with Crippen molar-refractivity contribution in [1.82, 2.24) is 0 Å². The van der Waals surface area contributed by atoms with Crippen LogP contribution >= 0.6 is 11.6 Å². The summed E-state index contributed by atoms with van der Waals surface area (Å²) in [5, 5.41) is 0.737. The maximum atomic E-state index is 6.22. The molecule has 1 aliphatic carbocycles. The van der Waals surface area contributed by atoms with Crippen LogP contribution in [0.2, 0.25) is 5.02 Å². The minimum atomic E-state index is 0.102. The van der Waals surface area contributed by atoms with Gasteiger partial charge in [0.05, 0.1) is 6.61 Å². The van der Waals surface area contributed by atoms with Crippen molar-refractivity contribution < 1.29 is 4.74 Å². The zero-order chi connectivity index (χ0) is 9.76. The number of rotatable bonds is 0. The Morgan fingerprint density at radius 3 is 2.93 bits per heavy atom. The molecule has 2 N–H and O–H groups in total. The van der Waals surface area contributed by atoms with Gasteiger partial charge < -0.3 is 10.5 Å². The van der Waals surface area contributed by atoms with Gasteiger partial charge in [0.2, 0.25) is 0 Å². The number of hydrogen-bond donors (Lipinski definition) is 1. The van der Waals surface area contributed by atoms with Gasteiger partial charge in [-0.15, -0.1) is 0 Å². The summed E-state index contributed by atoms with van der Waals surface area (Å²) in [6.45, 7) is 0.767. The van der Waals surface area contributed by atoms with Crippen LogP contribution in [0.25, 0.3) is 0 Å². The number of benzene rings is 1. The summed E-state index contributed by atoms with van der Waals surface area (Å²) >= 11 is 5.94. The summed E-state index contributed by atoms with van der Waals surface area (Å²) in [6, 6.07) is 5.79. The smallest absolute Gasteiger partial charge is 0.124 e. The van der Waals surface area contributed by atoms with Crippen molar-refractivity contribution in [2.24, 2.45) is 11.1 Å². The molecule has 1 spiro atoms.